The third-order valence-electron chi connectivity index (χ3n) is 3.81. The van der Waals surface area contributed by atoms with E-state index in [1.165, 1.54) is 37.3 Å². The van der Waals surface area contributed by atoms with Gasteiger partial charge in [-0.3, -0.25) is 4.72 Å². The fourth-order valence-electron chi connectivity index (χ4n) is 2.35. The van der Waals surface area contributed by atoms with E-state index in [1.54, 1.807) is 6.92 Å². The van der Waals surface area contributed by atoms with Crippen molar-refractivity contribution in [3.8, 4) is 0 Å². The number of carboxylic acid groups (broad SMARTS) is 1. The maximum atomic E-state index is 12.7. The second kappa shape index (κ2) is 7.47. The molecule has 0 aromatic heterocycles. The number of hydrogen-bond donors (Lipinski definition) is 3. The van der Waals surface area contributed by atoms with E-state index in [0.29, 0.717) is 11.1 Å². The Morgan fingerprint density at radius 2 is 1.70 bits per heavy atom. The number of hydrogen-bond acceptors (Lipinski definition) is 4. The van der Waals surface area contributed by atoms with E-state index in [2.05, 4.69) is 10.0 Å². The number of benzene rings is 2. The molecule has 0 radical (unpaired) electrons. The molecule has 10 heteroatoms. The molecule has 0 aliphatic carbocycles. The Bertz CT molecular complexity index is 973. The highest BCUT2D eigenvalue weighted by molar-refractivity contribution is 7.92. The summed E-state index contributed by atoms with van der Waals surface area (Å²) in [6, 6.07) is 7.88. The molecule has 0 aliphatic heterocycles. The molecule has 0 atom stereocenters. The second-order valence-corrected chi connectivity index (χ2v) is 7.49. The zero-order valence-corrected chi connectivity index (χ0v) is 15.2. The van der Waals surface area contributed by atoms with E-state index in [4.69, 9.17) is 5.11 Å². The van der Waals surface area contributed by atoms with Crippen molar-refractivity contribution in [1.82, 2.24) is 0 Å². The average Bonchev–Trinajstić information content (AvgIpc) is 2.55. The largest absolute Gasteiger partial charge is 0.478 e. The van der Waals surface area contributed by atoms with Gasteiger partial charge >= 0.3 is 12.1 Å². The summed E-state index contributed by atoms with van der Waals surface area (Å²) in [5, 5.41) is 11.3. The maximum absolute atomic E-state index is 12.7. The molecule has 0 amide bonds. The van der Waals surface area contributed by atoms with Gasteiger partial charge < -0.3 is 10.4 Å². The lowest BCUT2D eigenvalue weighted by Crippen LogP contribution is -2.22. The molecule has 0 saturated heterocycles. The zero-order valence-electron chi connectivity index (χ0n) is 14.4. The van der Waals surface area contributed by atoms with Crippen molar-refractivity contribution in [1.29, 1.82) is 0 Å². The van der Waals surface area contributed by atoms with Crippen LogP contribution < -0.4 is 10.0 Å². The molecule has 0 heterocycles. The van der Waals surface area contributed by atoms with E-state index in [-0.39, 0.29) is 21.8 Å². The predicted molar refractivity (Wildman–Crippen MR) is 94.7 cm³/mol. The molecule has 0 saturated carbocycles. The molecular formula is C17H17F3N2O4S. The molecule has 2 aromatic carbocycles. The van der Waals surface area contributed by atoms with Crippen LogP contribution in [0.25, 0.3) is 0 Å². The molecule has 27 heavy (non-hydrogen) atoms. The minimum atomic E-state index is -4.48. The van der Waals surface area contributed by atoms with Crippen molar-refractivity contribution in [2.45, 2.75) is 24.9 Å². The molecule has 2 aromatic rings. The van der Waals surface area contributed by atoms with E-state index in [0.717, 1.165) is 6.07 Å². The number of carbonyl (C=O) groups is 1. The van der Waals surface area contributed by atoms with Gasteiger partial charge in [-0.2, -0.15) is 13.2 Å². The van der Waals surface area contributed by atoms with E-state index in [9.17, 15) is 26.4 Å². The van der Waals surface area contributed by atoms with Crippen molar-refractivity contribution < 1.29 is 31.5 Å². The minimum absolute atomic E-state index is 0.0536. The van der Waals surface area contributed by atoms with Crippen LogP contribution in [0.2, 0.25) is 0 Å². The topological polar surface area (TPSA) is 95.5 Å². The number of alkyl halides is 3. The zero-order chi connectivity index (χ0) is 20.4. The number of carboxylic acids is 1. The molecule has 6 nitrogen and oxygen atoms in total. The molecule has 0 bridgehead atoms. The summed E-state index contributed by atoms with van der Waals surface area (Å²) in [6.45, 7) is 1.75. The van der Waals surface area contributed by atoms with Crippen LogP contribution in [-0.4, -0.2) is 32.2 Å². The highest BCUT2D eigenvalue weighted by Crippen LogP contribution is 2.28. The molecule has 0 aliphatic rings. The summed E-state index contributed by atoms with van der Waals surface area (Å²) in [6.07, 6.45) is -4.48. The number of aromatic carboxylic acids is 1. The normalized spacial score (nSPS) is 11.9. The number of halogens is 3. The van der Waals surface area contributed by atoms with Gasteiger partial charge in [0.2, 0.25) is 0 Å². The lowest BCUT2D eigenvalue weighted by atomic mass is 10.1. The Morgan fingerprint density at radius 3 is 2.26 bits per heavy atom. The molecule has 0 spiro atoms. The molecular weight excluding hydrogens is 385 g/mol. The smallest absolute Gasteiger partial charge is 0.405 e. The van der Waals surface area contributed by atoms with Crippen LogP contribution >= 0.6 is 0 Å². The molecule has 0 unspecified atom stereocenters. The quantitative estimate of drug-likeness (QED) is 0.684. The standard InChI is InChI=1S/C17H17F3N2O4S/c1-10-7-12(16(23)24)8-15(11(10)2)27(25,26)22-14-6-4-3-5-13(14)21-9-17(18,19)20/h3-8,21-22H,9H2,1-2H3,(H,23,24). The number of sulfonamides is 1. The van der Waals surface area contributed by atoms with Gasteiger partial charge in [0.25, 0.3) is 10.0 Å². The number of rotatable bonds is 6. The van der Waals surface area contributed by atoms with Crippen molar-refractivity contribution in [2.24, 2.45) is 0 Å². The van der Waals surface area contributed by atoms with Crippen molar-refractivity contribution in [2.75, 3.05) is 16.6 Å². The van der Waals surface area contributed by atoms with Gasteiger partial charge in [-0.25, -0.2) is 13.2 Å². The first-order chi connectivity index (χ1) is 12.4. The van der Waals surface area contributed by atoms with Crippen LogP contribution in [0, 0.1) is 13.8 Å². The Labute approximate surface area is 154 Å². The first-order valence-electron chi connectivity index (χ1n) is 7.68. The van der Waals surface area contributed by atoms with Crippen LogP contribution in [0.3, 0.4) is 0 Å². The summed E-state index contributed by atoms with van der Waals surface area (Å²) >= 11 is 0. The number of anilines is 2. The third-order valence-corrected chi connectivity index (χ3v) is 5.30. The van der Waals surface area contributed by atoms with Gasteiger partial charge in [0.05, 0.1) is 21.8 Å². The first kappa shape index (κ1) is 20.6. The lowest BCUT2D eigenvalue weighted by Gasteiger charge is -2.17. The van der Waals surface area contributed by atoms with Gasteiger partial charge in [-0.1, -0.05) is 12.1 Å². The van der Waals surface area contributed by atoms with Gasteiger partial charge in [-0.05, 0) is 49.2 Å². The SMILES string of the molecule is Cc1cc(C(=O)O)cc(S(=O)(=O)Nc2ccccc2NCC(F)(F)F)c1C. The van der Waals surface area contributed by atoms with Gasteiger partial charge in [0, 0.05) is 0 Å². The van der Waals surface area contributed by atoms with Crippen molar-refractivity contribution in [3.63, 3.8) is 0 Å². The summed E-state index contributed by atoms with van der Waals surface area (Å²) in [5.41, 5.74) is 0.454. The van der Waals surface area contributed by atoms with Crippen LogP contribution in [0.1, 0.15) is 21.5 Å². The summed E-state index contributed by atoms with van der Waals surface area (Å²) < 4.78 is 65.0. The fraction of sp³-hybridized carbons (Fsp3) is 0.235. The number of aryl methyl sites for hydroxylation is 1. The maximum Gasteiger partial charge on any atom is 0.405 e. The Kier molecular flexibility index (Phi) is 5.69. The van der Waals surface area contributed by atoms with Crippen LogP contribution in [-0.2, 0) is 10.0 Å². The highest BCUT2D eigenvalue weighted by atomic mass is 32.2. The second-order valence-electron chi connectivity index (χ2n) is 5.84. The Hall–Kier alpha value is -2.75. The summed E-state index contributed by atoms with van der Waals surface area (Å²) in [5.74, 6) is -1.29. The predicted octanol–water partition coefficient (Wildman–Crippen LogP) is 3.78. The van der Waals surface area contributed by atoms with Crippen LogP contribution in [0.5, 0.6) is 0 Å². The van der Waals surface area contributed by atoms with Gasteiger partial charge in [-0.15, -0.1) is 0 Å². The molecule has 0 fully saturated rings. The summed E-state index contributed by atoms with van der Waals surface area (Å²) in [7, 11) is -4.23. The van der Waals surface area contributed by atoms with E-state index >= 15 is 0 Å². The van der Waals surface area contributed by atoms with Crippen LogP contribution in [0.4, 0.5) is 24.5 Å². The summed E-state index contributed by atoms with van der Waals surface area (Å²) in [4.78, 5) is 10.9. The highest BCUT2D eigenvalue weighted by Gasteiger charge is 2.27. The van der Waals surface area contributed by atoms with E-state index < -0.39 is 28.7 Å². The third kappa shape index (κ3) is 5.13. The van der Waals surface area contributed by atoms with Gasteiger partial charge in [0.15, 0.2) is 0 Å². The first-order valence-corrected chi connectivity index (χ1v) is 9.16. The molecule has 3 N–H and O–H groups in total. The monoisotopic (exact) mass is 402 g/mol. The van der Waals surface area contributed by atoms with E-state index in [1.807, 2.05) is 0 Å². The lowest BCUT2D eigenvalue weighted by molar-refractivity contribution is -0.115. The van der Waals surface area contributed by atoms with Crippen molar-refractivity contribution in [3.05, 3.63) is 53.1 Å². The van der Waals surface area contributed by atoms with Crippen LogP contribution in [0.15, 0.2) is 41.3 Å². The Morgan fingerprint density at radius 1 is 1.11 bits per heavy atom. The average molecular weight is 402 g/mol. The minimum Gasteiger partial charge on any atom is -0.478 e. The van der Waals surface area contributed by atoms with Crippen molar-refractivity contribution >= 4 is 27.4 Å². The van der Waals surface area contributed by atoms with Gasteiger partial charge in [0.1, 0.15) is 6.54 Å². The number of nitrogens with one attached hydrogen (secondary N) is 2. The Balaban J connectivity index is 2.42. The molecule has 146 valence electrons. The number of para-hydroxylation sites is 2. The molecule has 2 rings (SSSR count). The fourth-order valence-corrected chi connectivity index (χ4v) is 3.77.